The summed E-state index contributed by atoms with van der Waals surface area (Å²) in [7, 11) is 0. The van der Waals surface area contributed by atoms with Crippen LogP contribution >= 0.6 is 24.0 Å². The van der Waals surface area contributed by atoms with Crippen LogP contribution in [0, 0.1) is 0 Å². The molecule has 3 N–H and O–H groups in total. The highest BCUT2D eigenvalue weighted by molar-refractivity contribution is 8.26. The summed E-state index contributed by atoms with van der Waals surface area (Å²) in [5.41, 5.74) is 10.3. The minimum Gasteiger partial charge on any atom is -0.492 e. The van der Waals surface area contributed by atoms with Crippen molar-refractivity contribution in [3.63, 3.8) is 0 Å². The van der Waals surface area contributed by atoms with E-state index in [0.717, 1.165) is 71.8 Å². The largest absolute Gasteiger partial charge is 0.492 e. The maximum absolute atomic E-state index is 13.4. The smallest absolute Gasteiger partial charge is 0.335 e. The number of benzene rings is 3. The Balaban J connectivity index is 1.23. The predicted molar refractivity (Wildman–Crippen MR) is 179 cm³/mol. The molecule has 6 rings (SSSR count). The normalized spacial score (nSPS) is 16.5. The van der Waals surface area contributed by atoms with Gasteiger partial charge < -0.3 is 20.3 Å². The molecular weight excluding hydrogens is 611 g/mol. The number of ether oxygens (including phenoxy) is 2. The number of thiocarbonyl (C=S) groups is 1. The molecule has 0 unspecified atom stereocenters. The number of carbonyl (C=O) groups is 2. The minimum atomic E-state index is -0.973. The summed E-state index contributed by atoms with van der Waals surface area (Å²) >= 11 is 6.83. The van der Waals surface area contributed by atoms with Gasteiger partial charge in [-0.05, 0) is 59.5 Å². The molecule has 2 aliphatic heterocycles. The Morgan fingerprint density at radius 1 is 1.09 bits per heavy atom. The number of hydrogen-bond donors (Lipinski definition) is 2. The minimum absolute atomic E-state index is 0.155. The summed E-state index contributed by atoms with van der Waals surface area (Å²) in [5, 5.41) is 10.0. The summed E-state index contributed by atoms with van der Waals surface area (Å²) in [4.78, 5) is 37.5. The maximum Gasteiger partial charge on any atom is 0.335 e. The number of nitrogen functional groups attached to an aromatic ring is 1. The van der Waals surface area contributed by atoms with E-state index in [9.17, 15) is 9.59 Å². The predicted octanol–water partition coefficient (Wildman–Crippen LogP) is 4.73. The first-order valence-corrected chi connectivity index (χ1v) is 15.7. The van der Waals surface area contributed by atoms with Crippen molar-refractivity contribution in [1.82, 2.24) is 19.8 Å². The number of aromatic carboxylic acids is 1. The number of nitrogens with two attached hydrogens (primary N) is 1. The zero-order chi connectivity index (χ0) is 31.3. The molecule has 0 radical (unpaired) electrons. The molecule has 45 heavy (non-hydrogen) atoms. The van der Waals surface area contributed by atoms with E-state index in [4.69, 9.17) is 32.5 Å². The highest BCUT2D eigenvalue weighted by Crippen LogP contribution is 2.36. The first-order valence-electron chi connectivity index (χ1n) is 14.5. The third kappa shape index (κ3) is 7.31. The van der Waals surface area contributed by atoms with Crippen molar-refractivity contribution in [2.45, 2.75) is 6.42 Å². The lowest BCUT2D eigenvalue weighted by Crippen LogP contribution is -2.38. The average molecular weight is 642 g/mol. The number of aromatic nitrogens is 2. The van der Waals surface area contributed by atoms with Crippen LogP contribution in [0.5, 0.6) is 5.75 Å². The number of hydrogen-bond acceptors (Lipinski definition) is 10. The monoisotopic (exact) mass is 641 g/mol. The van der Waals surface area contributed by atoms with Gasteiger partial charge in [0.2, 0.25) is 5.95 Å². The van der Waals surface area contributed by atoms with Gasteiger partial charge in [-0.2, -0.15) is 0 Å². The second kappa shape index (κ2) is 13.7. The number of carbonyl (C=O) groups excluding carboxylic acids is 1. The van der Waals surface area contributed by atoms with Crippen LogP contribution in [0.3, 0.4) is 0 Å². The van der Waals surface area contributed by atoms with Crippen molar-refractivity contribution < 1.29 is 24.2 Å². The molecule has 0 bridgehead atoms. The van der Waals surface area contributed by atoms with E-state index in [2.05, 4.69) is 14.9 Å². The van der Waals surface area contributed by atoms with Gasteiger partial charge in [-0.3, -0.25) is 14.6 Å². The van der Waals surface area contributed by atoms with Crippen molar-refractivity contribution in [3.8, 4) is 16.9 Å². The van der Waals surface area contributed by atoms with Crippen LogP contribution in [-0.4, -0.2) is 87.1 Å². The van der Waals surface area contributed by atoms with Gasteiger partial charge in [0.15, 0.2) is 0 Å². The Labute approximate surface area is 269 Å². The molecule has 4 aromatic rings. The number of nitrogens with zero attached hydrogens (tertiary/aromatic N) is 4. The summed E-state index contributed by atoms with van der Waals surface area (Å²) in [6.45, 7) is 4.94. The lowest BCUT2D eigenvalue weighted by Gasteiger charge is -2.26. The van der Waals surface area contributed by atoms with Gasteiger partial charge in [0.25, 0.3) is 5.91 Å². The molecule has 0 atom stereocenters. The molecule has 0 saturated carbocycles. The fourth-order valence-corrected chi connectivity index (χ4v) is 6.51. The van der Waals surface area contributed by atoms with Crippen LogP contribution in [0.4, 0.5) is 5.95 Å². The lowest BCUT2D eigenvalue weighted by molar-refractivity contribution is -0.122. The van der Waals surface area contributed by atoms with Crippen LogP contribution in [0.25, 0.3) is 28.1 Å². The third-order valence-electron chi connectivity index (χ3n) is 7.68. The molecular formula is C33H31N5O5S2. The van der Waals surface area contributed by atoms with Crippen molar-refractivity contribution in [2.24, 2.45) is 0 Å². The second-order valence-electron chi connectivity index (χ2n) is 10.6. The maximum atomic E-state index is 13.4. The van der Waals surface area contributed by atoms with Gasteiger partial charge in [-0.15, -0.1) is 0 Å². The summed E-state index contributed by atoms with van der Waals surface area (Å²) in [6.07, 6.45) is 4.10. The molecule has 12 heteroatoms. The number of fused-ring (bicyclic) bond motifs is 1. The molecule has 2 aliphatic rings. The Morgan fingerprint density at radius 3 is 2.67 bits per heavy atom. The van der Waals surface area contributed by atoms with Crippen LogP contribution < -0.4 is 10.5 Å². The average Bonchev–Trinajstić information content (AvgIpc) is 3.31. The zero-order valence-electron chi connectivity index (χ0n) is 24.3. The van der Waals surface area contributed by atoms with Crippen molar-refractivity contribution in [3.05, 3.63) is 88.5 Å². The summed E-state index contributed by atoms with van der Waals surface area (Å²) < 4.78 is 12.3. The SMILES string of the molecule is Nc1ncc2ccc(-c3cc(/C=C4\SC(=S)N(CCc5ccc(C(=O)O)cc5)C4=O)ccc3OCCN3CCOCC3)cc2n1. The molecule has 1 amide bonds. The first kappa shape index (κ1) is 30.7. The van der Waals surface area contributed by atoms with Crippen molar-refractivity contribution in [2.75, 3.05) is 51.7 Å². The Morgan fingerprint density at radius 2 is 1.89 bits per heavy atom. The highest BCUT2D eigenvalue weighted by atomic mass is 32.2. The molecule has 10 nitrogen and oxygen atoms in total. The highest BCUT2D eigenvalue weighted by Gasteiger charge is 2.31. The number of rotatable bonds is 10. The second-order valence-corrected chi connectivity index (χ2v) is 12.3. The van der Waals surface area contributed by atoms with E-state index >= 15 is 0 Å². The first-order chi connectivity index (χ1) is 21.8. The van der Waals surface area contributed by atoms with Crippen LogP contribution in [-0.2, 0) is 16.0 Å². The third-order valence-corrected chi connectivity index (χ3v) is 9.06. The molecule has 3 heterocycles. The Kier molecular flexibility index (Phi) is 9.36. The Hall–Kier alpha value is -4.36. The fourth-order valence-electron chi connectivity index (χ4n) is 5.20. The van der Waals surface area contributed by atoms with E-state index in [-0.39, 0.29) is 17.4 Å². The van der Waals surface area contributed by atoms with Gasteiger partial charge in [0.05, 0.1) is 29.2 Å². The van der Waals surface area contributed by atoms with Gasteiger partial charge >= 0.3 is 5.97 Å². The standard InChI is InChI=1S/C33H31N5O5S2/c34-32-35-20-25-7-6-24(19-27(25)36-32)26-17-22(3-8-28(26)43-16-13-37-11-14-42-15-12-37)18-29-30(39)38(33(44)45-29)10-9-21-1-4-23(5-2-21)31(40)41/h1-8,17-20H,9-16H2,(H,40,41)(H2,34,35,36)/b29-18-. The van der Waals surface area contributed by atoms with Crippen LogP contribution in [0.1, 0.15) is 21.5 Å². The fraction of sp³-hybridized carbons (Fsp3) is 0.242. The zero-order valence-corrected chi connectivity index (χ0v) is 26.0. The lowest BCUT2D eigenvalue weighted by atomic mass is 10.00. The topological polar surface area (TPSA) is 131 Å². The molecule has 0 aliphatic carbocycles. The summed E-state index contributed by atoms with van der Waals surface area (Å²) in [6, 6.07) is 18.4. The molecule has 1 aromatic heterocycles. The molecule has 230 valence electrons. The summed E-state index contributed by atoms with van der Waals surface area (Å²) in [5.74, 6) is -0.200. The van der Waals surface area contributed by atoms with Gasteiger partial charge in [-0.25, -0.2) is 14.8 Å². The number of carboxylic acid groups (broad SMARTS) is 1. The van der Waals surface area contributed by atoms with E-state index in [1.807, 2.05) is 42.5 Å². The molecule has 2 fully saturated rings. The van der Waals surface area contributed by atoms with Crippen molar-refractivity contribution >= 4 is 63.1 Å². The number of anilines is 1. The van der Waals surface area contributed by atoms with Gasteiger partial charge in [0.1, 0.15) is 16.7 Å². The molecule has 2 saturated heterocycles. The quantitative estimate of drug-likeness (QED) is 0.184. The van der Waals surface area contributed by atoms with Crippen molar-refractivity contribution in [1.29, 1.82) is 0 Å². The number of carboxylic acids is 1. The molecule has 3 aromatic carbocycles. The molecule has 0 spiro atoms. The van der Waals surface area contributed by atoms with Crippen LogP contribution in [0.2, 0.25) is 0 Å². The van der Waals surface area contributed by atoms with E-state index in [0.29, 0.717) is 28.8 Å². The number of thioether (sulfide) groups is 1. The van der Waals surface area contributed by atoms with Crippen LogP contribution in [0.15, 0.2) is 71.8 Å². The number of morpholine rings is 1. The van der Waals surface area contributed by atoms with Gasteiger partial charge in [-0.1, -0.05) is 54.3 Å². The Bertz CT molecular complexity index is 1790. The number of amides is 1. The van der Waals surface area contributed by atoms with E-state index in [1.165, 1.54) is 11.8 Å². The van der Waals surface area contributed by atoms with E-state index < -0.39 is 5.97 Å². The van der Waals surface area contributed by atoms with Gasteiger partial charge in [0, 0.05) is 43.3 Å². The van der Waals surface area contributed by atoms with E-state index in [1.54, 1.807) is 35.4 Å².